The molecule has 0 radical (unpaired) electrons. The fourth-order valence-corrected chi connectivity index (χ4v) is 6.22. The topological polar surface area (TPSA) is 189 Å². The van der Waals surface area contributed by atoms with Crippen LogP contribution in [0.4, 0.5) is 0 Å². The monoisotopic (exact) mass is 768 g/mol. The predicted molar refractivity (Wildman–Crippen MR) is 215 cm³/mol. The second-order valence-corrected chi connectivity index (χ2v) is 14.7. The molecule has 8 N–H and O–H groups in total. The van der Waals surface area contributed by atoms with Crippen molar-refractivity contribution in [1.29, 1.82) is 0 Å². The summed E-state index contributed by atoms with van der Waals surface area (Å²) < 4.78 is 11.0. The number of rotatable bonds is 33. The second kappa shape index (κ2) is 33.2. The van der Waals surface area contributed by atoms with Crippen LogP contribution in [-0.4, -0.2) is 110 Å². The summed E-state index contributed by atoms with van der Waals surface area (Å²) in [7, 11) is 0. The molecule has 1 rings (SSSR count). The number of carbonyl (C=O) groups is 1. The molecule has 0 aromatic carbocycles. The summed E-state index contributed by atoms with van der Waals surface area (Å²) in [6.45, 7) is 3.32. The minimum Gasteiger partial charge on any atom is -0.394 e. The van der Waals surface area contributed by atoms with E-state index in [-0.39, 0.29) is 12.8 Å². The molecule has 9 unspecified atom stereocenters. The van der Waals surface area contributed by atoms with Gasteiger partial charge in [-0.25, -0.2) is 0 Å². The van der Waals surface area contributed by atoms with Gasteiger partial charge in [0.1, 0.15) is 36.6 Å². The fourth-order valence-electron chi connectivity index (χ4n) is 6.22. The number of hydrogen-bond acceptors (Lipinski definition) is 10. The summed E-state index contributed by atoms with van der Waals surface area (Å²) in [6, 6.07) is -1.20. The molecule has 54 heavy (non-hydrogen) atoms. The van der Waals surface area contributed by atoms with Crippen LogP contribution >= 0.6 is 0 Å². The normalized spacial score (nSPS) is 23.2. The molecular formula is C43H77NO10. The van der Waals surface area contributed by atoms with Crippen molar-refractivity contribution in [1.82, 2.24) is 5.32 Å². The average Bonchev–Trinajstić information content (AvgIpc) is 3.17. The standard InChI is InChI=1S/C43H77NO10/c1-3-5-7-9-11-13-15-17-18-19-21-22-24-26-28-30-35(46)38(48)34(33-53-43-41(51)40(50)39(49)37(32-45)54-43)44-42(52)36(47)31-29-27-25-23-20-16-14-12-10-8-6-4-2/h9,11,17-18,20,22-24,34-41,43,45-51H,3-8,10,12-16,19,21,25-33H2,1-2H3,(H,44,52)/b11-9+,18-17+,23-20-,24-22+. The first-order valence-corrected chi connectivity index (χ1v) is 21.0. The van der Waals surface area contributed by atoms with Gasteiger partial charge in [0, 0.05) is 0 Å². The Balaban J connectivity index is 2.59. The van der Waals surface area contributed by atoms with Crippen LogP contribution in [0, 0.1) is 0 Å². The van der Waals surface area contributed by atoms with E-state index in [1.807, 2.05) is 6.08 Å². The minimum absolute atomic E-state index is 0.217. The molecule has 1 aliphatic rings. The van der Waals surface area contributed by atoms with Gasteiger partial charge in [-0.1, -0.05) is 114 Å². The van der Waals surface area contributed by atoms with E-state index in [1.54, 1.807) is 0 Å². The third-order valence-electron chi connectivity index (χ3n) is 9.81. The van der Waals surface area contributed by atoms with Crippen molar-refractivity contribution in [3.8, 4) is 0 Å². The molecule has 1 saturated heterocycles. The van der Waals surface area contributed by atoms with Crippen molar-refractivity contribution in [2.24, 2.45) is 0 Å². The van der Waals surface area contributed by atoms with Crippen molar-refractivity contribution < 1.29 is 50.0 Å². The van der Waals surface area contributed by atoms with E-state index < -0.39 is 74.2 Å². The van der Waals surface area contributed by atoms with Crippen LogP contribution in [0.15, 0.2) is 48.6 Å². The molecule has 1 fully saturated rings. The molecule has 1 amide bonds. The predicted octanol–water partition coefficient (Wildman–Crippen LogP) is 5.83. The number of aliphatic hydroxyl groups excluding tert-OH is 7. The number of aliphatic hydroxyl groups is 7. The van der Waals surface area contributed by atoms with Crippen LogP contribution < -0.4 is 5.32 Å². The van der Waals surface area contributed by atoms with Crippen LogP contribution in [0.5, 0.6) is 0 Å². The zero-order valence-electron chi connectivity index (χ0n) is 33.4. The minimum atomic E-state index is -1.67. The first kappa shape index (κ1) is 50.1. The summed E-state index contributed by atoms with van der Waals surface area (Å²) in [4.78, 5) is 13.0. The van der Waals surface area contributed by atoms with E-state index in [0.29, 0.717) is 19.3 Å². The number of unbranched alkanes of at least 4 members (excludes halogenated alkanes) is 13. The largest absolute Gasteiger partial charge is 0.394 e. The van der Waals surface area contributed by atoms with Gasteiger partial charge in [-0.2, -0.15) is 0 Å². The van der Waals surface area contributed by atoms with Crippen molar-refractivity contribution >= 4 is 5.91 Å². The van der Waals surface area contributed by atoms with E-state index in [1.165, 1.54) is 51.4 Å². The van der Waals surface area contributed by atoms with Gasteiger partial charge in [-0.05, 0) is 83.5 Å². The lowest BCUT2D eigenvalue weighted by Crippen LogP contribution is -2.60. The molecule has 1 aliphatic heterocycles. The first-order chi connectivity index (χ1) is 26.2. The number of amides is 1. The van der Waals surface area contributed by atoms with E-state index in [4.69, 9.17) is 9.47 Å². The second-order valence-electron chi connectivity index (χ2n) is 14.7. The lowest BCUT2D eigenvalue weighted by atomic mass is 9.98. The van der Waals surface area contributed by atoms with Gasteiger partial charge in [0.15, 0.2) is 6.29 Å². The number of allylic oxidation sites excluding steroid dienone is 8. The summed E-state index contributed by atoms with van der Waals surface area (Å²) >= 11 is 0. The highest BCUT2D eigenvalue weighted by Gasteiger charge is 2.44. The maximum absolute atomic E-state index is 13.0. The smallest absolute Gasteiger partial charge is 0.249 e. The van der Waals surface area contributed by atoms with Crippen molar-refractivity contribution in [3.63, 3.8) is 0 Å². The molecule has 0 aromatic rings. The molecule has 0 spiro atoms. The molecule has 0 saturated carbocycles. The maximum Gasteiger partial charge on any atom is 0.249 e. The van der Waals surface area contributed by atoms with Crippen molar-refractivity contribution in [2.45, 2.75) is 204 Å². The van der Waals surface area contributed by atoms with Crippen LogP contribution in [0.1, 0.15) is 149 Å². The highest BCUT2D eigenvalue weighted by molar-refractivity contribution is 5.80. The lowest BCUT2D eigenvalue weighted by Gasteiger charge is -2.40. The van der Waals surface area contributed by atoms with Gasteiger partial charge < -0.3 is 50.5 Å². The van der Waals surface area contributed by atoms with Gasteiger partial charge in [0.25, 0.3) is 0 Å². The molecular weight excluding hydrogens is 690 g/mol. The molecule has 11 nitrogen and oxygen atoms in total. The molecule has 0 aliphatic carbocycles. The number of nitrogens with one attached hydrogen (secondary N) is 1. The Bertz CT molecular complexity index is 1020. The third-order valence-corrected chi connectivity index (χ3v) is 9.81. The molecule has 9 atom stereocenters. The maximum atomic E-state index is 13.0. The zero-order chi connectivity index (χ0) is 39.8. The third kappa shape index (κ3) is 23.2. The number of carbonyl (C=O) groups excluding carboxylic acids is 1. The van der Waals surface area contributed by atoms with Gasteiger partial charge in [-0.3, -0.25) is 4.79 Å². The first-order valence-electron chi connectivity index (χ1n) is 21.0. The van der Waals surface area contributed by atoms with Crippen LogP contribution in [0.2, 0.25) is 0 Å². The number of ether oxygens (including phenoxy) is 2. The van der Waals surface area contributed by atoms with Crippen LogP contribution in [0.3, 0.4) is 0 Å². The van der Waals surface area contributed by atoms with Crippen LogP contribution in [0.25, 0.3) is 0 Å². The summed E-state index contributed by atoms with van der Waals surface area (Å²) in [5.41, 5.74) is 0. The van der Waals surface area contributed by atoms with E-state index in [0.717, 1.165) is 51.4 Å². The molecule has 0 aromatic heterocycles. The Morgan fingerprint density at radius 1 is 0.630 bits per heavy atom. The Morgan fingerprint density at radius 2 is 1.13 bits per heavy atom. The zero-order valence-corrected chi connectivity index (χ0v) is 33.4. The summed E-state index contributed by atoms with van der Waals surface area (Å²) in [5, 5.41) is 75.3. The summed E-state index contributed by atoms with van der Waals surface area (Å²) in [5.74, 6) is -0.734. The van der Waals surface area contributed by atoms with Crippen molar-refractivity contribution in [2.75, 3.05) is 13.2 Å². The SMILES string of the molecule is CCCC/C=C/CC/C=C/CC/C=C/CCCC(O)C(O)C(COC1OC(CO)C(O)C(O)C1O)NC(=O)C(O)CCCC/C=C\CCCCCCCC. The van der Waals surface area contributed by atoms with Gasteiger partial charge in [0.2, 0.25) is 5.91 Å². The van der Waals surface area contributed by atoms with E-state index in [2.05, 4.69) is 61.7 Å². The van der Waals surface area contributed by atoms with E-state index in [9.17, 15) is 40.5 Å². The van der Waals surface area contributed by atoms with Gasteiger partial charge >= 0.3 is 0 Å². The average molecular weight is 768 g/mol. The Morgan fingerprint density at radius 3 is 1.70 bits per heavy atom. The number of hydrogen-bond donors (Lipinski definition) is 8. The van der Waals surface area contributed by atoms with Gasteiger partial charge in [-0.15, -0.1) is 0 Å². The molecule has 11 heteroatoms. The van der Waals surface area contributed by atoms with Crippen LogP contribution in [-0.2, 0) is 14.3 Å². The Kier molecular flexibility index (Phi) is 30.8. The van der Waals surface area contributed by atoms with Crippen molar-refractivity contribution in [3.05, 3.63) is 48.6 Å². The lowest BCUT2D eigenvalue weighted by molar-refractivity contribution is -0.303. The summed E-state index contributed by atoms with van der Waals surface area (Å²) in [6.07, 6.45) is 26.0. The molecule has 0 bridgehead atoms. The fraction of sp³-hybridized carbons (Fsp3) is 0.791. The Hall–Kier alpha value is -1.93. The quantitative estimate of drug-likeness (QED) is 0.0298. The highest BCUT2D eigenvalue weighted by atomic mass is 16.7. The Labute approximate surface area is 326 Å². The highest BCUT2D eigenvalue weighted by Crippen LogP contribution is 2.23. The molecule has 314 valence electrons. The van der Waals surface area contributed by atoms with E-state index >= 15 is 0 Å². The van der Waals surface area contributed by atoms with Gasteiger partial charge in [0.05, 0.1) is 25.4 Å². The molecule has 1 heterocycles.